The minimum absolute atomic E-state index is 0.159. The fourth-order valence-corrected chi connectivity index (χ4v) is 3.64. The van der Waals surface area contributed by atoms with Crippen LogP contribution in [0.15, 0.2) is 28.8 Å². The highest BCUT2D eigenvalue weighted by Gasteiger charge is 2.24. The maximum Gasteiger partial charge on any atom is 0.342 e. The van der Waals surface area contributed by atoms with Crippen molar-refractivity contribution in [2.45, 2.75) is 78.0 Å². The highest BCUT2D eigenvalue weighted by Crippen LogP contribution is 2.23. The normalized spacial score (nSPS) is 15.8. The molecule has 1 amide bonds. The topological polar surface area (TPSA) is 90.7 Å². The first-order valence-corrected chi connectivity index (χ1v) is 10.6. The van der Waals surface area contributed by atoms with E-state index in [0.29, 0.717) is 11.5 Å². The highest BCUT2D eigenvalue weighted by atomic mass is 16.5. The molecule has 1 aliphatic rings. The monoisotopic (exact) mass is 414 g/mol. The summed E-state index contributed by atoms with van der Waals surface area (Å²) in [6, 6.07) is 7.00. The molecule has 0 aliphatic heterocycles. The van der Waals surface area contributed by atoms with Crippen molar-refractivity contribution in [1.29, 1.82) is 0 Å². The molecular formula is C23H30N2O5. The number of aryl methyl sites for hydroxylation is 2. The van der Waals surface area contributed by atoms with Crippen LogP contribution in [0.1, 0.15) is 72.8 Å². The molecule has 0 radical (unpaired) electrons. The highest BCUT2D eigenvalue weighted by molar-refractivity contribution is 5.94. The quantitative estimate of drug-likeness (QED) is 0.538. The molecule has 1 aliphatic carbocycles. The molecule has 1 atom stereocenters. The van der Waals surface area contributed by atoms with Gasteiger partial charge in [-0.2, -0.15) is 0 Å². The van der Waals surface area contributed by atoms with Crippen molar-refractivity contribution in [1.82, 2.24) is 10.5 Å². The van der Waals surface area contributed by atoms with Crippen LogP contribution in [0.25, 0.3) is 0 Å². The van der Waals surface area contributed by atoms with E-state index in [1.807, 2.05) is 13.8 Å². The van der Waals surface area contributed by atoms with Gasteiger partial charge in [0.05, 0.1) is 11.3 Å². The van der Waals surface area contributed by atoms with E-state index >= 15 is 0 Å². The third-order valence-electron chi connectivity index (χ3n) is 5.51. The molecule has 162 valence electrons. The van der Waals surface area contributed by atoms with E-state index in [4.69, 9.17) is 14.0 Å². The second kappa shape index (κ2) is 10.3. The van der Waals surface area contributed by atoms with Gasteiger partial charge >= 0.3 is 5.97 Å². The molecule has 3 rings (SSSR count). The van der Waals surface area contributed by atoms with Gasteiger partial charge in [-0.05, 0) is 45.7 Å². The Morgan fingerprint density at radius 1 is 1.17 bits per heavy atom. The van der Waals surface area contributed by atoms with Crippen LogP contribution in [0.3, 0.4) is 0 Å². The predicted octanol–water partition coefficient (Wildman–Crippen LogP) is 4.25. The van der Waals surface area contributed by atoms with E-state index in [1.165, 1.54) is 12.8 Å². The van der Waals surface area contributed by atoms with Crippen LogP contribution in [-0.2, 0) is 16.1 Å². The van der Waals surface area contributed by atoms with Crippen LogP contribution >= 0.6 is 0 Å². The van der Waals surface area contributed by atoms with E-state index in [1.54, 1.807) is 31.2 Å². The Balaban J connectivity index is 1.60. The molecule has 1 aromatic heterocycles. The SMILES string of the molecule is Cc1noc(C)c1COc1ccccc1C(=O)O[C@@H](C)C(=O)NC1CCCCCC1. The second-order valence-corrected chi connectivity index (χ2v) is 7.83. The zero-order chi connectivity index (χ0) is 21.5. The summed E-state index contributed by atoms with van der Waals surface area (Å²) in [6.45, 7) is 5.47. The van der Waals surface area contributed by atoms with E-state index in [-0.39, 0.29) is 24.1 Å². The van der Waals surface area contributed by atoms with E-state index in [9.17, 15) is 9.59 Å². The zero-order valence-electron chi connectivity index (χ0n) is 17.9. The Morgan fingerprint density at radius 3 is 2.53 bits per heavy atom. The molecule has 2 aromatic rings. The molecule has 1 fully saturated rings. The van der Waals surface area contributed by atoms with E-state index in [2.05, 4.69) is 10.5 Å². The molecule has 0 saturated heterocycles. The Kier molecular flexibility index (Phi) is 7.49. The molecular weight excluding hydrogens is 384 g/mol. The maximum atomic E-state index is 12.7. The van der Waals surface area contributed by atoms with Crippen molar-refractivity contribution in [2.75, 3.05) is 0 Å². The predicted molar refractivity (Wildman–Crippen MR) is 111 cm³/mol. The van der Waals surface area contributed by atoms with Gasteiger partial charge in [0.2, 0.25) is 0 Å². The van der Waals surface area contributed by atoms with Gasteiger partial charge in [-0.1, -0.05) is 43.0 Å². The Bertz CT molecular complexity index is 849. The first-order chi connectivity index (χ1) is 14.5. The summed E-state index contributed by atoms with van der Waals surface area (Å²) in [5.74, 6) is 0.215. The number of hydrogen-bond acceptors (Lipinski definition) is 6. The largest absolute Gasteiger partial charge is 0.488 e. The van der Waals surface area contributed by atoms with Gasteiger partial charge in [0.15, 0.2) is 6.10 Å². The molecule has 1 heterocycles. The maximum absolute atomic E-state index is 12.7. The molecule has 0 unspecified atom stereocenters. The zero-order valence-corrected chi connectivity index (χ0v) is 17.9. The Hall–Kier alpha value is -2.83. The average molecular weight is 415 g/mol. The van der Waals surface area contributed by atoms with Crippen LogP contribution in [0, 0.1) is 13.8 Å². The summed E-state index contributed by atoms with van der Waals surface area (Å²) >= 11 is 0. The number of benzene rings is 1. The first kappa shape index (κ1) is 21.9. The fourth-order valence-electron chi connectivity index (χ4n) is 3.64. The molecule has 7 nitrogen and oxygen atoms in total. The number of rotatable bonds is 7. The van der Waals surface area contributed by atoms with Crippen molar-refractivity contribution in [3.8, 4) is 5.75 Å². The molecule has 1 saturated carbocycles. The lowest BCUT2D eigenvalue weighted by Crippen LogP contribution is -2.41. The average Bonchev–Trinajstić information content (AvgIpc) is 2.91. The van der Waals surface area contributed by atoms with Gasteiger partial charge in [0.25, 0.3) is 5.91 Å². The number of nitrogens with one attached hydrogen (secondary N) is 1. The van der Waals surface area contributed by atoms with Crippen molar-refractivity contribution in [2.24, 2.45) is 0 Å². The lowest BCUT2D eigenvalue weighted by atomic mass is 10.1. The summed E-state index contributed by atoms with van der Waals surface area (Å²) < 4.78 is 16.4. The minimum Gasteiger partial charge on any atom is -0.488 e. The molecule has 0 bridgehead atoms. The minimum atomic E-state index is -0.878. The number of aromatic nitrogens is 1. The summed E-state index contributed by atoms with van der Waals surface area (Å²) in [7, 11) is 0. The van der Waals surface area contributed by atoms with Gasteiger partial charge in [0.1, 0.15) is 23.7 Å². The van der Waals surface area contributed by atoms with Gasteiger partial charge < -0.3 is 19.3 Å². The van der Waals surface area contributed by atoms with Crippen LogP contribution in [-0.4, -0.2) is 29.2 Å². The van der Waals surface area contributed by atoms with Crippen LogP contribution < -0.4 is 10.1 Å². The molecule has 1 N–H and O–H groups in total. The smallest absolute Gasteiger partial charge is 0.342 e. The summed E-state index contributed by atoms with van der Waals surface area (Å²) in [5.41, 5.74) is 1.86. The molecule has 30 heavy (non-hydrogen) atoms. The number of ether oxygens (including phenoxy) is 2. The number of esters is 1. The van der Waals surface area contributed by atoms with Crippen LogP contribution in [0.4, 0.5) is 0 Å². The number of carbonyl (C=O) groups excluding carboxylic acids is 2. The van der Waals surface area contributed by atoms with Crippen molar-refractivity contribution in [3.63, 3.8) is 0 Å². The number of hydrogen-bond donors (Lipinski definition) is 1. The summed E-state index contributed by atoms with van der Waals surface area (Å²) in [6.07, 6.45) is 5.74. The third kappa shape index (κ3) is 5.62. The Labute approximate surface area is 177 Å². The number of amides is 1. The molecule has 0 spiro atoms. The van der Waals surface area contributed by atoms with Gasteiger partial charge in [-0.25, -0.2) is 4.79 Å². The molecule has 1 aromatic carbocycles. The second-order valence-electron chi connectivity index (χ2n) is 7.83. The number of nitrogens with zero attached hydrogens (tertiary/aromatic N) is 1. The first-order valence-electron chi connectivity index (χ1n) is 10.6. The number of carbonyl (C=O) groups is 2. The third-order valence-corrected chi connectivity index (χ3v) is 5.51. The summed E-state index contributed by atoms with van der Waals surface area (Å²) in [4.78, 5) is 25.2. The Morgan fingerprint density at radius 2 is 1.87 bits per heavy atom. The standard InChI is InChI=1S/C23H30N2O5/c1-15-20(16(2)30-25-15)14-28-21-13-9-8-12-19(21)23(27)29-17(3)22(26)24-18-10-6-4-5-7-11-18/h8-9,12-13,17-18H,4-7,10-11,14H2,1-3H3,(H,24,26)/t17-/m0/s1. The van der Waals surface area contributed by atoms with Gasteiger partial charge in [0, 0.05) is 6.04 Å². The fraction of sp³-hybridized carbons (Fsp3) is 0.522. The lowest BCUT2D eigenvalue weighted by Gasteiger charge is -2.20. The van der Waals surface area contributed by atoms with Gasteiger partial charge in [-0.3, -0.25) is 4.79 Å². The van der Waals surface area contributed by atoms with E-state index in [0.717, 1.165) is 36.9 Å². The lowest BCUT2D eigenvalue weighted by molar-refractivity contribution is -0.129. The molecule has 7 heteroatoms. The summed E-state index contributed by atoms with van der Waals surface area (Å²) in [5, 5.41) is 6.93. The van der Waals surface area contributed by atoms with Crippen molar-refractivity contribution in [3.05, 3.63) is 46.8 Å². The van der Waals surface area contributed by atoms with Crippen LogP contribution in [0.2, 0.25) is 0 Å². The van der Waals surface area contributed by atoms with E-state index < -0.39 is 12.1 Å². The van der Waals surface area contributed by atoms with Gasteiger partial charge in [-0.15, -0.1) is 0 Å². The van der Waals surface area contributed by atoms with Crippen molar-refractivity contribution >= 4 is 11.9 Å². The number of para-hydroxylation sites is 1. The van der Waals surface area contributed by atoms with Crippen LogP contribution in [0.5, 0.6) is 5.75 Å². The van der Waals surface area contributed by atoms with Crippen molar-refractivity contribution < 1.29 is 23.6 Å².